The fraction of sp³-hybridized carbons (Fsp3) is 0.700. The van der Waals surface area contributed by atoms with Gasteiger partial charge in [-0.1, -0.05) is 20.8 Å². The molecule has 0 aromatic carbocycles. The number of hydrogen-bond donors (Lipinski definition) is 2. The number of nitrogens with zero attached hydrogens (tertiary/aromatic N) is 2. The quantitative estimate of drug-likeness (QED) is 0.646. The maximum absolute atomic E-state index is 5.86. The van der Waals surface area contributed by atoms with Crippen LogP contribution in [0.5, 0.6) is 0 Å². The lowest BCUT2D eigenvalue weighted by Crippen LogP contribution is -2.38. The van der Waals surface area contributed by atoms with Gasteiger partial charge < -0.3 is 15.6 Å². The topological polar surface area (TPSA) is 55.9 Å². The van der Waals surface area contributed by atoms with E-state index in [9.17, 15) is 0 Å². The Morgan fingerprint density at radius 2 is 2.29 bits per heavy atom. The van der Waals surface area contributed by atoms with E-state index in [2.05, 4.69) is 41.8 Å². The Hall–Kier alpha value is -1.03. The van der Waals surface area contributed by atoms with E-state index in [0.717, 1.165) is 24.7 Å². The summed E-state index contributed by atoms with van der Waals surface area (Å²) < 4.78 is 2.11. The lowest BCUT2D eigenvalue weighted by molar-refractivity contribution is 0.539. The Labute approximate surface area is 84.5 Å². The lowest BCUT2D eigenvalue weighted by Gasteiger charge is -2.21. The molecule has 14 heavy (non-hydrogen) atoms. The standard InChI is InChI=1S/C10H18N4/c1-10(2,3)8-6-14-5-7(11)4-12-9(14)13-8/h6-7H,4-5,11H2,1-3H3,(H,12,13). The summed E-state index contributed by atoms with van der Waals surface area (Å²) in [6, 6.07) is 0.199. The molecule has 0 spiro atoms. The monoisotopic (exact) mass is 194 g/mol. The van der Waals surface area contributed by atoms with E-state index in [4.69, 9.17) is 5.73 Å². The normalized spacial score (nSPS) is 21.6. The van der Waals surface area contributed by atoms with Crippen LogP contribution in [0.15, 0.2) is 6.20 Å². The van der Waals surface area contributed by atoms with Gasteiger partial charge in [-0.25, -0.2) is 4.98 Å². The van der Waals surface area contributed by atoms with Crippen molar-refractivity contribution < 1.29 is 0 Å². The van der Waals surface area contributed by atoms with Crippen molar-refractivity contribution in [2.24, 2.45) is 5.73 Å². The SMILES string of the molecule is CC(C)(C)c1cn2c(n1)NCC(N)C2. The van der Waals surface area contributed by atoms with Crippen molar-refractivity contribution in [1.82, 2.24) is 9.55 Å². The molecule has 0 aliphatic carbocycles. The third kappa shape index (κ3) is 1.62. The van der Waals surface area contributed by atoms with Gasteiger partial charge in [0.1, 0.15) is 0 Å². The Kier molecular flexibility index (Phi) is 2.03. The predicted molar refractivity (Wildman–Crippen MR) is 57.4 cm³/mol. The van der Waals surface area contributed by atoms with Gasteiger partial charge in [-0.2, -0.15) is 0 Å². The number of fused-ring (bicyclic) bond motifs is 1. The van der Waals surface area contributed by atoms with Crippen LogP contribution in [-0.2, 0) is 12.0 Å². The number of rotatable bonds is 0. The summed E-state index contributed by atoms with van der Waals surface area (Å²) in [5.74, 6) is 0.955. The molecule has 2 heterocycles. The van der Waals surface area contributed by atoms with Gasteiger partial charge in [-0.3, -0.25) is 0 Å². The summed E-state index contributed by atoms with van der Waals surface area (Å²) in [4.78, 5) is 4.55. The van der Waals surface area contributed by atoms with E-state index < -0.39 is 0 Å². The zero-order chi connectivity index (χ0) is 10.3. The van der Waals surface area contributed by atoms with Gasteiger partial charge in [0, 0.05) is 30.7 Å². The molecular weight excluding hydrogens is 176 g/mol. The molecule has 0 fully saturated rings. The molecule has 4 nitrogen and oxygen atoms in total. The van der Waals surface area contributed by atoms with Crippen LogP contribution in [0.25, 0.3) is 0 Å². The molecule has 1 aliphatic rings. The van der Waals surface area contributed by atoms with Gasteiger partial charge in [0.25, 0.3) is 0 Å². The van der Waals surface area contributed by atoms with Gasteiger partial charge in [-0.05, 0) is 0 Å². The number of imidazole rings is 1. The molecule has 1 aliphatic heterocycles. The highest BCUT2D eigenvalue weighted by Crippen LogP contribution is 2.24. The average Bonchev–Trinajstić information content (AvgIpc) is 2.45. The second-order valence-electron chi connectivity index (χ2n) is 4.99. The van der Waals surface area contributed by atoms with Crippen LogP contribution in [0.4, 0.5) is 5.95 Å². The van der Waals surface area contributed by atoms with Crippen molar-refractivity contribution in [1.29, 1.82) is 0 Å². The summed E-state index contributed by atoms with van der Waals surface area (Å²) in [6.07, 6.45) is 2.10. The zero-order valence-corrected chi connectivity index (χ0v) is 9.04. The van der Waals surface area contributed by atoms with Crippen LogP contribution in [-0.4, -0.2) is 22.1 Å². The number of nitrogens with two attached hydrogens (primary N) is 1. The van der Waals surface area contributed by atoms with Gasteiger partial charge in [-0.15, -0.1) is 0 Å². The van der Waals surface area contributed by atoms with E-state index in [1.54, 1.807) is 0 Å². The van der Waals surface area contributed by atoms with Crippen molar-refractivity contribution in [3.8, 4) is 0 Å². The number of anilines is 1. The molecule has 78 valence electrons. The maximum Gasteiger partial charge on any atom is 0.203 e. The Bertz CT molecular complexity index is 334. The van der Waals surface area contributed by atoms with Gasteiger partial charge in [0.2, 0.25) is 5.95 Å². The first kappa shape index (κ1) is 9.52. The van der Waals surface area contributed by atoms with E-state index in [0.29, 0.717) is 0 Å². The Morgan fingerprint density at radius 1 is 1.57 bits per heavy atom. The second-order valence-corrected chi connectivity index (χ2v) is 4.99. The molecule has 3 N–H and O–H groups in total. The summed E-state index contributed by atoms with van der Waals surface area (Å²) >= 11 is 0. The minimum atomic E-state index is 0.107. The third-order valence-corrected chi connectivity index (χ3v) is 2.50. The first-order valence-electron chi connectivity index (χ1n) is 5.04. The molecule has 1 unspecified atom stereocenters. The first-order chi connectivity index (χ1) is 6.47. The molecule has 0 bridgehead atoms. The van der Waals surface area contributed by atoms with Crippen LogP contribution < -0.4 is 11.1 Å². The summed E-state index contributed by atoms with van der Waals surface area (Å²) in [7, 11) is 0. The number of nitrogens with one attached hydrogen (secondary N) is 1. The Morgan fingerprint density at radius 3 is 2.93 bits per heavy atom. The molecule has 1 atom stereocenters. The van der Waals surface area contributed by atoms with E-state index in [-0.39, 0.29) is 11.5 Å². The first-order valence-corrected chi connectivity index (χ1v) is 5.04. The van der Waals surface area contributed by atoms with Crippen LogP contribution in [0, 0.1) is 0 Å². The van der Waals surface area contributed by atoms with Gasteiger partial charge in [0.05, 0.1) is 5.69 Å². The van der Waals surface area contributed by atoms with E-state index >= 15 is 0 Å². The maximum atomic E-state index is 5.86. The highest BCUT2D eigenvalue weighted by Gasteiger charge is 2.22. The smallest absolute Gasteiger partial charge is 0.203 e. The van der Waals surface area contributed by atoms with Crippen molar-refractivity contribution in [2.75, 3.05) is 11.9 Å². The van der Waals surface area contributed by atoms with Crippen molar-refractivity contribution in [3.63, 3.8) is 0 Å². The summed E-state index contributed by atoms with van der Waals surface area (Å²) in [5.41, 5.74) is 7.08. The highest BCUT2D eigenvalue weighted by molar-refractivity contribution is 5.33. The molecular formula is C10H18N4. The van der Waals surface area contributed by atoms with Gasteiger partial charge in [0.15, 0.2) is 0 Å². The molecule has 0 saturated heterocycles. The summed E-state index contributed by atoms with van der Waals surface area (Å²) in [5, 5.41) is 3.23. The van der Waals surface area contributed by atoms with Crippen LogP contribution in [0.2, 0.25) is 0 Å². The molecule has 0 radical (unpaired) electrons. The van der Waals surface area contributed by atoms with Crippen molar-refractivity contribution in [2.45, 2.75) is 38.8 Å². The molecule has 1 aromatic rings. The predicted octanol–water partition coefficient (Wildman–Crippen LogP) is 0.933. The summed E-state index contributed by atoms with van der Waals surface area (Å²) in [6.45, 7) is 8.19. The fourth-order valence-electron chi connectivity index (χ4n) is 1.60. The lowest BCUT2D eigenvalue weighted by atomic mass is 9.93. The van der Waals surface area contributed by atoms with Gasteiger partial charge >= 0.3 is 0 Å². The second kappa shape index (κ2) is 2.98. The third-order valence-electron chi connectivity index (χ3n) is 2.50. The minimum absolute atomic E-state index is 0.107. The number of aromatic nitrogens is 2. The Balaban J connectivity index is 2.32. The molecule has 1 aromatic heterocycles. The zero-order valence-electron chi connectivity index (χ0n) is 9.04. The van der Waals surface area contributed by atoms with E-state index in [1.165, 1.54) is 0 Å². The molecule has 4 heteroatoms. The highest BCUT2D eigenvalue weighted by atomic mass is 15.2. The number of hydrogen-bond acceptors (Lipinski definition) is 3. The van der Waals surface area contributed by atoms with Crippen molar-refractivity contribution >= 4 is 5.95 Å². The average molecular weight is 194 g/mol. The molecule has 0 saturated carbocycles. The minimum Gasteiger partial charge on any atom is -0.354 e. The van der Waals surface area contributed by atoms with E-state index in [1.807, 2.05) is 0 Å². The van der Waals surface area contributed by atoms with Crippen LogP contribution in [0.1, 0.15) is 26.5 Å². The fourth-order valence-corrected chi connectivity index (χ4v) is 1.60. The van der Waals surface area contributed by atoms with Crippen LogP contribution in [0.3, 0.4) is 0 Å². The largest absolute Gasteiger partial charge is 0.354 e. The van der Waals surface area contributed by atoms with Crippen LogP contribution >= 0.6 is 0 Å². The van der Waals surface area contributed by atoms with Crippen molar-refractivity contribution in [3.05, 3.63) is 11.9 Å². The molecule has 0 amide bonds. The molecule has 2 rings (SSSR count).